The fourth-order valence-electron chi connectivity index (χ4n) is 10.2. The predicted octanol–water partition coefficient (Wildman–Crippen LogP) is 15.4. The summed E-state index contributed by atoms with van der Waals surface area (Å²) in [7, 11) is 0. The van der Waals surface area contributed by atoms with E-state index >= 15 is 0 Å². The van der Waals surface area contributed by atoms with Crippen molar-refractivity contribution in [3.05, 3.63) is 235 Å². The molecule has 0 aliphatic heterocycles. The lowest BCUT2D eigenvalue weighted by Gasteiger charge is -2.21. The molecule has 3 nitrogen and oxygen atoms in total. The van der Waals surface area contributed by atoms with Crippen molar-refractivity contribution in [2.24, 2.45) is 0 Å². The van der Waals surface area contributed by atoms with Crippen LogP contribution in [0.4, 0.5) is 0 Å². The van der Waals surface area contributed by atoms with Crippen molar-refractivity contribution >= 4 is 0 Å². The van der Waals surface area contributed by atoms with Crippen LogP contribution in [0, 0.1) is 0 Å². The van der Waals surface area contributed by atoms with Gasteiger partial charge in [0.2, 0.25) is 0 Å². The van der Waals surface area contributed by atoms with Gasteiger partial charge in [-0.25, -0.2) is 15.0 Å². The molecule has 12 rings (SSSR count). The Morgan fingerprint density at radius 1 is 0.281 bits per heavy atom. The topological polar surface area (TPSA) is 38.7 Å². The summed E-state index contributed by atoms with van der Waals surface area (Å²) in [5.41, 5.74) is 22.7. The summed E-state index contributed by atoms with van der Waals surface area (Å²) >= 11 is 0. The van der Waals surface area contributed by atoms with Crippen molar-refractivity contribution in [1.82, 2.24) is 15.0 Å². The third-order valence-corrected chi connectivity index (χ3v) is 13.4. The van der Waals surface area contributed by atoms with Crippen molar-refractivity contribution in [2.75, 3.05) is 0 Å². The molecule has 3 heteroatoms. The number of aromatic nitrogens is 3. The van der Waals surface area contributed by atoms with Crippen LogP contribution < -0.4 is 0 Å². The summed E-state index contributed by atoms with van der Waals surface area (Å²) in [6.07, 6.45) is 0.851. The maximum absolute atomic E-state index is 5.37. The molecule has 0 bridgehead atoms. The second kappa shape index (κ2) is 15.1. The Kier molecular flexibility index (Phi) is 8.91. The maximum atomic E-state index is 5.37. The highest BCUT2D eigenvalue weighted by Crippen LogP contribution is 2.50. The SMILES string of the molecule is CC1(C)c2ccccc2-c2ccc(-c3nc(-c4ccccc4)nc(-c4cc(-c5ccc(-c6ccccc6)cc5)cc(-c5cccc6c5Cc5c(-c7ccccc7)cccc5-6)c4)n3)cc21. The molecule has 0 spiro atoms. The molecule has 0 unspecified atom stereocenters. The summed E-state index contributed by atoms with van der Waals surface area (Å²) in [6.45, 7) is 4.63. The third kappa shape index (κ3) is 6.39. The lowest BCUT2D eigenvalue weighted by atomic mass is 9.82. The second-order valence-corrected chi connectivity index (χ2v) is 17.6. The van der Waals surface area contributed by atoms with E-state index in [0.717, 1.165) is 39.8 Å². The zero-order valence-corrected chi connectivity index (χ0v) is 35.8. The molecule has 0 N–H and O–H groups in total. The van der Waals surface area contributed by atoms with Crippen LogP contribution in [0.25, 0.3) is 101 Å². The minimum atomic E-state index is -0.156. The second-order valence-electron chi connectivity index (χ2n) is 17.6. The monoisotopic (exact) mass is 817 g/mol. The fraction of sp³-hybridized carbons (Fsp3) is 0.0656. The van der Waals surface area contributed by atoms with E-state index in [4.69, 9.17) is 15.0 Å². The first-order chi connectivity index (χ1) is 31.5. The van der Waals surface area contributed by atoms with Crippen LogP contribution in [0.15, 0.2) is 212 Å². The van der Waals surface area contributed by atoms with Crippen LogP contribution in [0.2, 0.25) is 0 Å². The smallest absolute Gasteiger partial charge is 0.164 e. The molecular weight excluding hydrogens is 775 g/mol. The van der Waals surface area contributed by atoms with Gasteiger partial charge in [-0.3, -0.25) is 0 Å². The van der Waals surface area contributed by atoms with E-state index in [2.05, 4.69) is 208 Å². The molecule has 10 aromatic rings. The van der Waals surface area contributed by atoms with E-state index in [9.17, 15) is 0 Å². The van der Waals surface area contributed by atoms with E-state index < -0.39 is 0 Å². The van der Waals surface area contributed by atoms with Crippen LogP contribution >= 0.6 is 0 Å². The van der Waals surface area contributed by atoms with Gasteiger partial charge in [0, 0.05) is 22.1 Å². The first kappa shape index (κ1) is 37.7. The molecule has 0 radical (unpaired) electrons. The van der Waals surface area contributed by atoms with Crippen LogP contribution in [0.1, 0.15) is 36.1 Å². The number of nitrogens with zero attached hydrogens (tertiary/aromatic N) is 3. The molecule has 302 valence electrons. The van der Waals surface area contributed by atoms with Gasteiger partial charge in [-0.15, -0.1) is 0 Å². The summed E-state index contributed by atoms with van der Waals surface area (Å²) in [6, 6.07) is 76.4. The molecule has 0 atom stereocenters. The van der Waals surface area contributed by atoms with Gasteiger partial charge in [0.15, 0.2) is 17.5 Å². The van der Waals surface area contributed by atoms with Gasteiger partial charge in [0.05, 0.1) is 0 Å². The van der Waals surface area contributed by atoms with Crippen molar-refractivity contribution in [3.63, 3.8) is 0 Å². The van der Waals surface area contributed by atoms with Crippen LogP contribution in [0.3, 0.4) is 0 Å². The Labute approximate surface area is 374 Å². The molecule has 1 heterocycles. The van der Waals surface area contributed by atoms with Crippen LogP contribution in [-0.2, 0) is 11.8 Å². The fourth-order valence-corrected chi connectivity index (χ4v) is 10.2. The van der Waals surface area contributed by atoms with Gasteiger partial charge in [-0.2, -0.15) is 0 Å². The van der Waals surface area contributed by atoms with E-state index in [1.54, 1.807) is 0 Å². The lowest BCUT2D eigenvalue weighted by molar-refractivity contribution is 0.660. The van der Waals surface area contributed by atoms with Crippen molar-refractivity contribution in [1.29, 1.82) is 0 Å². The molecule has 2 aliphatic rings. The average Bonchev–Trinajstić information content (AvgIpc) is 3.86. The molecule has 9 aromatic carbocycles. The highest BCUT2D eigenvalue weighted by molar-refractivity contribution is 5.91. The van der Waals surface area contributed by atoms with Gasteiger partial charge in [-0.05, 0) is 120 Å². The quantitative estimate of drug-likeness (QED) is 0.161. The molecule has 2 aliphatic carbocycles. The molecule has 0 saturated carbocycles. The zero-order chi connectivity index (χ0) is 42.8. The maximum Gasteiger partial charge on any atom is 0.164 e. The molecule has 64 heavy (non-hydrogen) atoms. The lowest BCUT2D eigenvalue weighted by Crippen LogP contribution is -2.15. The van der Waals surface area contributed by atoms with Gasteiger partial charge in [0.25, 0.3) is 0 Å². The minimum absolute atomic E-state index is 0.156. The zero-order valence-electron chi connectivity index (χ0n) is 35.8. The van der Waals surface area contributed by atoms with E-state index in [1.165, 1.54) is 72.3 Å². The highest BCUT2D eigenvalue weighted by atomic mass is 15.0. The van der Waals surface area contributed by atoms with Crippen LogP contribution in [0.5, 0.6) is 0 Å². The van der Waals surface area contributed by atoms with Crippen LogP contribution in [-0.4, -0.2) is 15.0 Å². The Balaban J connectivity index is 1.04. The summed E-state index contributed by atoms with van der Waals surface area (Å²) in [4.78, 5) is 15.9. The number of hydrogen-bond donors (Lipinski definition) is 0. The number of benzene rings is 9. The largest absolute Gasteiger partial charge is 0.208 e. The normalized spacial score (nSPS) is 12.9. The predicted molar refractivity (Wildman–Crippen MR) is 264 cm³/mol. The first-order valence-electron chi connectivity index (χ1n) is 22.1. The first-order valence-corrected chi connectivity index (χ1v) is 22.1. The average molecular weight is 818 g/mol. The number of rotatable bonds is 7. The number of hydrogen-bond acceptors (Lipinski definition) is 3. The third-order valence-electron chi connectivity index (χ3n) is 13.4. The van der Waals surface area contributed by atoms with Crippen molar-refractivity contribution < 1.29 is 0 Å². The molecule has 1 aromatic heterocycles. The van der Waals surface area contributed by atoms with Gasteiger partial charge >= 0.3 is 0 Å². The van der Waals surface area contributed by atoms with Gasteiger partial charge < -0.3 is 0 Å². The molecule has 0 saturated heterocycles. The summed E-state index contributed by atoms with van der Waals surface area (Å²) in [5.74, 6) is 1.94. The summed E-state index contributed by atoms with van der Waals surface area (Å²) in [5, 5.41) is 0. The van der Waals surface area contributed by atoms with Gasteiger partial charge in [0.1, 0.15) is 0 Å². The standard InChI is InChI=1S/C61H43N3/c1-61(2)56-27-13-12-22-52(56)53-33-32-44(37-57(53)61)59-62-58(43-20-10-5-11-21-43)63-60(64-59)47-35-45(41-30-28-40(29-31-41)39-16-6-3-7-17-39)34-46(36-47)49-24-15-26-51-50-25-14-23-48(54(50)38-55(49)51)42-18-8-4-9-19-42/h3-37H,38H2,1-2H3. The van der Waals surface area contributed by atoms with Gasteiger partial charge in [-0.1, -0.05) is 202 Å². The molecule has 0 fully saturated rings. The molecule has 0 amide bonds. The van der Waals surface area contributed by atoms with Crippen molar-refractivity contribution in [3.8, 4) is 101 Å². The Hall–Kier alpha value is -8.01. The number of fused-ring (bicyclic) bond motifs is 6. The Bertz CT molecular complexity index is 3410. The molecular formula is C61H43N3. The summed E-state index contributed by atoms with van der Waals surface area (Å²) < 4.78 is 0. The minimum Gasteiger partial charge on any atom is -0.208 e. The Morgan fingerprint density at radius 2 is 0.703 bits per heavy atom. The van der Waals surface area contributed by atoms with E-state index in [1.807, 2.05) is 18.2 Å². The van der Waals surface area contributed by atoms with Crippen molar-refractivity contribution in [2.45, 2.75) is 25.7 Å². The van der Waals surface area contributed by atoms with E-state index in [0.29, 0.717) is 17.5 Å². The Morgan fingerprint density at radius 3 is 1.36 bits per heavy atom. The highest BCUT2D eigenvalue weighted by Gasteiger charge is 2.35. The van der Waals surface area contributed by atoms with E-state index in [-0.39, 0.29) is 5.41 Å².